The molecule has 0 aromatic carbocycles. The van der Waals surface area contributed by atoms with E-state index in [9.17, 15) is 9.59 Å². The lowest BCUT2D eigenvalue weighted by Gasteiger charge is -2.33. The third-order valence-corrected chi connectivity index (χ3v) is 6.35. The Morgan fingerprint density at radius 2 is 1.40 bits per heavy atom. The zero-order valence-corrected chi connectivity index (χ0v) is 20.7. The van der Waals surface area contributed by atoms with E-state index in [1.807, 2.05) is 25.4 Å². The van der Waals surface area contributed by atoms with Crippen molar-refractivity contribution in [3.8, 4) is 0 Å². The number of nitrogens with two attached hydrogens (primary N) is 2. The number of halogens is 1. The predicted octanol–water partition coefficient (Wildman–Crippen LogP) is 2.42. The molecule has 7 N–H and O–H groups in total. The molecule has 2 fully saturated rings. The summed E-state index contributed by atoms with van der Waals surface area (Å²) in [6.45, 7) is 7.66. The maximum atomic E-state index is 11.1. The molecule has 4 heterocycles. The van der Waals surface area contributed by atoms with Crippen LogP contribution in [-0.4, -0.2) is 53.4 Å². The van der Waals surface area contributed by atoms with Crippen LogP contribution in [0.15, 0.2) is 36.9 Å². The molecule has 0 atom stereocenters. The van der Waals surface area contributed by atoms with Crippen molar-refractivity contribution in [1.82, 2.24) is 15.3 Å². The summed E-state index contributed by atoms with van der Waals surface area (Å²) < 4.78 is 0. The Bertz CT molecular complexity index is 879. The number of nitrogens with zero attached hydrogens (tertiary/aromatic N) is 3. The van der Waals surface area contributed by atoms with E-state index in [1.165, 1.54) is 11.3 Å². The van der Waals surface area contributed by atoms with Gasteiger partial charge in [-0.2, -0.15) is 0 Å². The van der Waals surface area contributed by atoms with Gasteiger partial charge in [-0.1, -0.05) is 19.0 Å². The van der Waals surface area contributed by atoms with E-state index in [2.05, 4.69) is 27.1 Å². The Labute approximate surface area is 214 Å². The number of carbonyl (C=O) groups is 2. The first kappa shape index (κ1) is 32.2. The van der Waals surface area contributed by atoms with Gasteiger partial charge in [-0.3, -0.25) is 19.6 Å². The SMILES string of the molecule is C.Cc1cnccc1Cl.Cc1cnccc1N1CCC(C(N)=O)CC1.NC(=O)C1CCNCC1.O. The van der Waals surface area contributed by atoms with Crippen molar-refractivity contribution in [2.75, 3.05) is 31.1 Å². The van der Waals surface area contributed by atoms with Crippen LogP contribution in [0.2, 0.25) is 5.02 Å². The molecule has 2 aliphatic heterocycles. The quantitative estimate of drug-likeness (QED) is 0.577. The van der Waals surface area contributed by atoms with E-state index in [4.69, 9.17) is 23.1 Å². The topological polar surface area (TPSA) is 159 Å². The van der Waals surface area contributed by atoms with Crippen LogP contribution in [-0.2, 0) is 9.59 Å². The first-order chi connectivity index (χ1) is 15.8. The molecule has 2 aromatic heterocycles. The molecule has 9 nitrogen and oxygen atoms in total. The molecule has 2 amide bonds. The zero-order chi connectivity index (χ0) is 24.2. The summed E-state index contributed by atoms with van der Waals surface area (Å²) in [5, 5.41) is 3.94. The van der Waals surface area contributed by atoms with E-state index in [1.54, 1.807) is 18.5 Å². The van der Waals surface area contributed by atoms with Gasteiger partial charge in [0.05, 0.1) is 0 Å². The highest BCUT2D eigenvalue weighted by Crippen LogP contribution is 2.25. The molecule has 0 bridgehead atoms. The molecule has 35 heavy (non-hydrogen) atoms. The van der Waals surface area contributed by atoms with Crippen molar-refractivity contribution in [3.05, 3.63) is 53.1 Å². The van der Waals surface area contributed by atoms with Crippen LogP contribution in [0, 0.1) is 25.7 Å². The summed E-state index contributed by atoms with van der Waals surface area (Å²) in [5.74, 6) is -0.118. The molecular formula is C25H41ClN6O3. The Hall–Kier alpha value is -2.75. The van der Waals surface area contributed by atoms with E-state index in [-0.39, 0.29) is 36.6 Å². The number of hydrogen-bond donors (Lipinski definition) is 3. The summed E-state index contributed by atoms with van der Waals surface area (Å²) in [6.07, 6.45) is 10.6. The highest BCUT2D eigenvalue weighted by atomic mass is 35.5. The summed E-state index contributed by atoms with van der Waals surface area (Å²) in [7, 11) is 0. The number of hydrogen-bond acceptors (Lipinski definition) is 6. The molecule has 2 saturated heterocycles. The van der Waals surface area contributed by atoms with Crippen LogP contribution in [0.3, 0.4) is 0 Å². The molecule has 10 heteroatoms. The van der Waals surface area contributed by atoms with Gasteiger partial charge in [0.1, 0.15) is 0 Å². The van der Waals surface area contributed by atoms with Crippen molar-refractivity contribution in [2.45, 2.75) is 47.0 Å². The molecule has 0 saturated carbocycles. The number of aromatic nitrogens is 2. The van der Waals surface area contributed by atoms with Gasteiger partial charge in [0.25, 0.3) is 0 Å². The van der Waals surface area contributed by atoms with Gasteiger partial charge in [0.2, 0.25) is 11.8 Å². The lowest BCUT2D eigenvalue weighted by atomic mass is 9.96. The minimum atomic E-state index is -0.161. The van der Waals surface area contributed by atoms with Gasteiger partial charge in [-0.25, -0.2) is 0 Å². The minimum absolute atomic E-state index is 0. The smallest absolute Gasteiger partial charge is 0.220 e. The third-order valence-electron chi connectivity index (χ3n) is 5.92. The van der Waals surface area contributed by atoms with Crippen LogP contribution < -0.4 is 21.7 Å². The number of amides is 2. The fraction of sp³-hybridized carbons (Fsp3) is 0.520. The molecule has 196 valence electrons. The van der Waals surface area contributed by atoms with E-state index >= 15 is 0 Å². The standard InChI is InChI=1S/C12H17N3O.C6H6ClN.C6H12N2O.CH4.H2O/c1-9-8-14-5-2-11(9)15-6-3-10(4-7-15)12(13)16;1-5-4-8-3-2-6(5)7;7-6(9)5-1-3-8-4-2-5;;/h2,5,8,10H,3-4,6-7H2,1H3,(H2,13,16);2-4H,1H3;5,8H,1-4H2,(H2,7,9);1H4;1H2. The van der Waals surface area contributed by atoms with Crippen molar-refractivity contribution in [1.29, 1.82) is 0 Å². The zero-order valence-electron chi connectivity index (χ0n) is 20.0. The van der Waals surface area contributed by atoms with Crippen molar-refractivity contribution < 1.29 is 15.1 Å². The number of nitrogens with one attached hydrogen (secondary N) is 1. The molecule has 0 radical (unpaired) electrons. The Morgan fingerprint density at radius 1 is 0.914 bits per heavy atom. The lowest BCUT2D eigenvalue weighted by Crippen LogP contribution is -2.38. The normalized spacial score (nSPS) is 15.7. The van der Waals surface area contributed by atoms with Gasteiger partial charge >= 0.3 is 0 Å². The number of aryl methyl sites for hydroxylation is 2. The second-order valence-electron chi connectivity index (χ2n) is 8.38. The Morgan fingerprint density at radius 3 is 1.80 bits per heavy atom. The molecular weight excluding hydrogens is 468 g/mol. The maximum absolute atomic E-state index is 11.1. The molecule has 2 aromatic rings. The molecule has 2 aliphatic rings. The van der Waals surface area contributed by atoms with Crippen molar-refractivity contribution >= 4 is 29.1 Å². The van der Waals surface area contributed by atoms with E-state index in [0.717, 1.165) is 62.4 Å². The van der Waals surface area contributed by atoms with Crippen molar-refractivity contribution in [3.63, 3.8) is 0 Å². The van der Waals surface area contributed by atoms with Crippen LogP contribution in [0.4, 0.5) is 5.69 Å². The monoisotopic (exact) mass is 508 g/mol. The lowest BCUT2D eigenvalue weighted by molar-refractivity contribution is -0.123. The van der Waals surface area contributed by atoms with E-state index in [0.29, 0.717) is 0 Å². The predicted molar refractivity (Wildman–Crippen MR) is 142 cm³/mol. The molecule has 0 spiro atoms. The first-order valence-electron chi connectivity index (χ1n) is 11.3. The van der Waals surface area contributed by atoms with Gasteiger partial charge in [-0.05, 0) is 75.9 Å². The second-order valence-corrected chi connectivity index (χ2v) is 8.78. The molecule has 0 unspecified atom stereocenters. The minimum Gasteiger partial charge on any atom is -0.412 e. The average molecular weight is 509 g/mol. The van der Waals surface area contributed by atoms with Gasteiger partial charge in [-0.15, -0.1) is 0 Å². The fourth-order valence-electron chi connectivity index (χ4n) is 3.79. The van der Waals surface area contributed by atoms with Gasteiger partial charge in [0.15, 0.2) is 0 Å². The summed E-state index contributed by atoms with van der Waals surface area (Å²) >= 11 is 5.67. The van der Waals surface area contributed by atoms with Crippen LogP contribution in [0.25, 0.3) is 0 Å². The number of pyridine rings is 2. The number of piperidine rings is 2. The number of rotatable bonds is 3. The van der Waals surface area contributed by atoms with E-state index < -0.39 is 0 Å². The van der Waals surface area contributed by atoms with Crippen LogP contribution in [0.5, 0.6) is 0 Å². The Balaban J connectivity index is 0.000000523. The first-order valence-corrected chi connectivity index (χ1v) is 11.7. The van der Waals surface area contributed by atoms with Gasteiger partial charge < -0.3 is 27.2 Å². The van der Waals surface area contributed by atoms with Gasteiger partial charge in [0, 0.05) is 60.4 Å². The fourth-order valence-corrected chi connectivity index (χ4v) is 3.89. The molecule has 0 aliphatic carbocycles. The number of primary amides is 2. The number of anilines is 1. The summed E-state index contributed by atoms with van der Waals surface area (Å²) in [6, 6.07) is 3.80. The summed E-state index contributed by atoms with van der Waals surface area (Å²) in [4.78, 5) is 31.9. The highest BCUT2D eigenvalue weighted by Gasteiger charge is 2.23. The second kappa shape index (κ2) is 16.8. The van der Waals surface area contributed by atoms with Crippen LogP contribution in [0.1, 0.15) is 44.2 Å². The number of carbonyl (C=O) groups excluding carboxylic acids is 2. The largest absolute Gasteiger partial charge is 0.412 e. The Kier molecular flexibility index (Phi) is 15.5. The summed E-state index contributed by atoms with van der Waals surface area (Å²) in [5.41, 5.74) is 13.8. The molecule has 4 rings (SSSR count). The highest BCUT2D eigenvalue weighted by molar-refractivity contribution is 6.31. The average Bonchev–Trinajstić information content (AvgIpc) is 2.83. The van der Waals surface area contributed by atoms with Crippen molar-refractivity contribution in [2.24, 2.45) is 23.3 Å². The third kappa shape index (κ3) is 11.0. The maximum Gasteiger partial charge on any atom is 0.220 e. The van der Waals surface area contributed by atoms with Crippen LogP contribution >= 0.6 is 11.6 Å².